The van der Waals surface area contributed by atoms with Gasteiger partial charge < -0.3 is 4.74 Å². The molecular weight excluding hydrogens is 344 g/mol. The van der Waals surface area contributed by atoms with Gasteiger partial charge in [0.2, 0.25) is 0 Å². The van der Waals surface area contributed by atoms with E-state index in [1.54, 1.807) is 0 Å². The molecule has 0 spiro atoms. The molecule has 0 rings (SSSR count). The van der Waals surface area contributed by atoms with Gasteiger partial charge >= 0.3 is 5.97 Å². The third-order valence-electron chi connectivity index (χ3n) is 7.88. The van der Waals surface area contributed by atoms with Gasteiger partial charge in [-0.25, -0.2) is 4.79 Å². The molecule has 166 valence electrons. The van der Waals surface area contributed by atoms with Crippen LogP contribution in [0.1, 0.15) is 120 Å². The van der Waals surface area contributed by atoms with Crippen molar-refractivity contribution < 1.29 is 9.53 Å². The molecule has 0 N–H and O–H groups in total. The Labute approximate surface area is 176 Å². The molecule has 0 aliphatic carbocycles. The number of ether oxygens (including phenoxy) is 1. The molecule has 0 aromatic heterocycles. The van der Waals surface area contributed by atoms with E-state index in [-0.39, 0.29) is 16.8 Å². The molecule has 2 heteroatoms. The number of unbranched alkanes of at least 4 members (excludes halogenated alkanes) is 1. The average Bonchev–Trinajstić information content (AvgIpc) is 2.66. The third kappa shape index (κ3) is 7.91. The van der Waals surface area contributed by atoms with Crippen LogP contribution >= 0.6 is 0 Å². The van der Waals surface area contributed by atoms with E-state index in [4.69, 9.17) is 4.74 Å². The van der Waals surface area contributed by atoms with Gasteiger partial charge in [0.15, 0.2) is 0 Å². The highest BCUT2D eigenvalue weighted by Gasteiger charge is 2.43. The Bertz CT molecular complexity index is 473. The molecule has 0 amide bonds. The fourth-order valence-corrected chi connectivity index (χ4v) is 4.36. The minimum Gasteiger partial charge on any atom is -0.462 e. The number of carbonyl (C=O) groups is 1. The number of hydrogen-bond donors (Lipinski definition) is 0. The number of hydrogen-bond acceptors (Lipinski definition) is 2. The third-order valence-corrected chi connectivity index (χ3v) is 7.88. The number of rotatable bonds is 15. The van der Waals surface area contributed by atoms with Crippen molar-refractivity contribution in [3.63, 3.8) is 0 Å². The molecule has 2 nitrogen and oxygen atoms in total. The van der Waals surface area contributed by atoms with E-state index in [0.29, 0.717) is 29.9 Å². The van der Waals surface area contributed by atoms with Crippen molar-refractivity contribution in [1.82, 2.24) is 0 Å². The first kappa shape index (κ1) is 27.2. The Morgan fingerprint density at radius 2 is 1.54 bits per heavy atom. The first-order valence-electron chi connectivity index (χ1n) is 11.8. The van der Waals surface area contributed by atoms with Gasteiger partial charge in [0.05, 0.1) is 6.61 Å². The summed E-state index contributed by atoms with van der Waals surface area (Å²) in [5, 5.41) is 0. The van der Waals surface area contributed by atoms with Crippen molar-refractivity contribution in [2.45, 2.75) is 120 Å². The lowest BCUT2D eigenvalue weighted by Crippen LogP contribution is -2.39. The summed E-state index contributed by atoms with van der Waals surface area (Å²) in [6.45, 7) is 25.3. The van der Waals surface area contributed by atoms with E-state index in [2.05, 4.69) is 68.9 Å². The van der Waals surface area contributed by atoms with E-state index >= 15 is 0 Å². The zero-order valence-electron chi connectivity index (χ0n) is 20.7. The van der Waals surface area contributed by atoms with E-state index in [0.717, 1.165) is 25.7 Å². The molecule has 28 heavy (non-hydrogen) atoms. The lowest BCUT2D eigenvalue weighted by Gasteiger charge is -2.49. The SMILES string of the molecule is C=C(CC(C)(CC)C(C)(C)CC(C)(CC)CC)C(=O)OCC(CC)CCCC. The average molecular weight is 395 g/mol. The molecule has 0 bridgehead atoms. The maximum atomic E-state index is 12.6. The Morgan fingerprint density at radius 1 is 0.964 bits per heavy atom. The van der Waals surface area contributed by atoms with Crippen LogP contribution < -0.4 is 0 Å². The lowest BCUT2D eigenvalue weighted by atomic mass is 9.56. The maximum absolute atomic E-state index is 12.6. The van der Waals surface area contributed by atoms with Crippen LogP contribution in [-0.4, -0.2) is 12.6 Å². The summed E-state index contributed by atoms with van der Waals surface area (Å²) in [5.74, 6) is 0.277. The smallest absolute Gasteiger partial charge is 0.333 e. The molecule has 2 atom stereocenters. The minimum atomic E-state index is -0.195. The van der Waals surface area contributed by atoms with E-state index in [9.17, 15) is 4.79 Å². The van der Waals surface area contributed by atoms with Gasteiger partial charge in [-0.1, -0.05) is 101 Å². The molecule has 0 saturated carbocycles. The summed E-state index contributed by atoms with van der Waals surface area (Å²) < 4.78 is 5.66. The number of esters is 1. The van der Waals surface area contributed by atoms with Crippen molar-refractivity contribution in [2.24, 2.45) is 22.2 Å². The van der Waals surface area contributed by atoms with Crippen LogP contribution in [0.25, 0.3) is 0 Å². The summed E-state index contributed by atoms with van der Waals surface area (Å²) >= 11 is 0. The molecule has 2 unspecified atom stereocenters. The molecular formula is C26H50O2. The summed E-state index contributed by atoms with van der Waals surface area (Å²) in [6, 6.07) is 0. The van der Waals surface area contributed by atoms with Crippen LogP contribution in [0.2, 0.25) is 0 Å². The molecule has 0 heterocycles. The van der Waals surface area contributed by atoms with Crippen LogP contribution in [0.5, 0.6) is 0 Å². The fraction of sp³-hybridized carbons (Fsp3) is 0.885. The fourth-order valence-electron chi connectivity index (χ4n) is 4.36. The van der Waals surface area contributed by atoms with Crippen molar-refractivity contribution in [2.75, 3.05) is 6.61 Å². The molecule has 0 fully saturated rings. The second-order valence-corrected chi connectivity index (χ2v) is 10.3. The van der Waals surface area contributed by atoms with E-state index in [1.807, 2.05) is 0 Å². The molecule has 0 aromatic carbocycles. The van der Waals surface area contributed by atoms with E-state index < -0.39 is 0 Å². The molecule has 0 radical (unpaired) electrons. The van der Waals surface area contributed by atoms with Crippen molar-refractivity contribution >= 4 is 5.97 Å². The molecule has 0 aliphatic heterocycles. The standard InChI is InChI=1S/C26H50O2/c1-11-16-17-22(12-2)19-28-23(27)21(6)18-26(10,15-5)24(7,8)20-25(9,13-3)14-4/h22H,6,11-20H2,1-5,7-10H3. The predicted octanol–water partition coefficient (Wildman–Crippen LogP) is 8.35. The van der Waals surface area contributed by atoms with Crippen molar-refractivity contribution in [1.29, 1.82) is 0 Å². The topological polar surface area (TPSA) is 26.3 Å². The Kier molecular flexibility index (Phi) is 11.7. The Hall–Kier alpha value is -0.790. The van der Waals surface area contributed by atoms with Crippen LogP contribution in [0.3, 0.4) is 0 Å². The molecule has 0 saturated heterocycles. The highest BCUT2D eigenvalue weighted by atomic mass is 16.5. The van der Waals surface area contributed by atoms with Gasteiger partial charge in [-0.2, -0.15) is 0 Å². The summed E-state index contributed by atoms with van der Waals surface area (Å²) in [5.41, 5.74) is 1.13. The maximum Gasteiger partial charge on any atom is 0.333 e. The van der Waals surface area contributed by atoms with Gasteiger partial charge in [0.1, 0.15) is 0 Å². The largest absolute Gasteiger partial charge is 0.462 e. The Morgan fingerprint density at radius 3 is 1.96 bits per heavy atom. The second kappa shape index (κ2) is 12.0. The van der Waals surface area contributed by atoms with Crippen LogP contribution in [0, 0.1) is 22.2 Å². The molecule has 0 aliphatic rings. The van der Waals surface area contributed by atoms with Crippen LogP contribution in [0.15, 0.2) is 12.2 Å². The highest BCUT2D eigenvalue weighted by molar-refractivity contribution is 5.87. The monoisotopic (exact) mass is 394 g/mol. The highest BCUT2D eigenvalue weighted by Crippen LogP contribution is 2.53. The second-order valence-electron chi connectivity index (χ2n) is 10.3. The quantitative estimate of drug-likeness (QED) is 0.206. The zero-order chi connectivity index (χ0) is 22.0. The number of carbonyl (C=O) groups excluding carboxylic acids is 1. The van der Waals surface area contributed by atoms with E-state index in [1.165, 1.54) is 25.7 Å². The zero-order valence-corrected chi connectivity index (χ0v) is 20.7. The Balaban J connectivity index is 5.05. The first-order chi connectivity index (χ1) is 12.9. The summed E-state index contributed by atoms with van der Waals surface area (Å²) in [7, 11) is 0. The lowest BCUT2D eigenvalue weighted by molar-refractivity contribution is -0.141. The van der Waals surface area contributed by atoms with Gasteiger partial charge in [-0.15, -0.1) is 0 Å². The summed E-state index contributed by atoms with van der Waals surface area (Å²) in [4.78, 5) is 12.6. The van der Waals surface area contributed by atoms with Gasteiger partial charge in [-0.05, 0) is 47.8 Å². The van der Waals surface area contributed by atoms with Crippen LogP contribution in [0.4, 0.5) is 0 Å². The van der Waals surface area contributed by atoms with Crippen molar-refractivity contribution in [3.05, 3.63) is 12.2 Å². The molecule has 0 aromatic rings. The van der Waals surface area contributed by atoms with Crippen molar-refractivity contribution in [3.8, 4) is 0 Å². The van der Waals surface area contributed by atoms with Gasteiger partial charge in [-0.3, -0.25) is 0 Å². The normalized spacial score (nSPS) is 15.8. The van der Waals surface area contributed by atoms with Gasteiger partial charge in [0.25, 0.3) is 0 Å². The summed E-state index contributed by atoms with van der Waals surface area (Å²) in [6.07, 6.45) is 9.87. The minimum absolute atomic E-state index is 0.0288. The van der Waals surface area contributed by atoms with Gasteiger partial charge in [0, 0.05) is 5.57 Å². The predicted molar refractivity (Wildman–Crippen MR) is 124 cm³/mol. The first-order valence-corrected chi connectivity index (χ1v) is 11.8. The van der Waals surface area contributed by atoms with Crippen LogP contribution in [-0.2, 0) is 9.53 Å².